The average molecular weight is 197 g/mol. The predicted octanol–water partition coefficient (Wildman–Crippen LogP) is 1.13. The van der Waals surface area contributed by atoms with Crippen molar-refractivity contribution >= 4 is 18.4 Å². The van der Waals surface area contributed by atoms with Crippen LogP contribution in [0, 0.1) is 0 Å². The van der Waals surface area contributed by atoms with Gasteiger partial charge in [-0.3, -0.25) is 0 Å². The summed E-state index contributed by atoms with van der Waals surface area (Å²) in [7, 11) is -2.70. The molecule has 1 saturated carbocycles. The summed E-state index contributed by atoms with van der Waals surface area (Å²) in [4.78, 5) is 9.51. The first-order chi connectivity index (χ1) is 5.17. The molecule has 3 nitrogen and oxygen atoms in total. The van der Waals surface area contributed by atoms with Crippen LogP contribution in [-0.2, 0) is 0 Å². The van der Waals surface area contributed by atoms with Crippen molar-refractivity contribution in [2.75, 3.05) is 0 Å². The van der Waals surface area contributed by atoms with E-state index < -0.39 is 7.14 Å². The van der Waals surface area contributed by atoms with Crippen molar-refractivity contribution in [3.63, 3.8) is 0 Å². The van der Waals surface area contributed by atoms with E-state index in [1.807, 2.05) is 0 Å². The molecule has 0 bridgehead atoms. The van der Waals surface area contributed by atoms with Crippen LogP contribution in [0.5, 0.6) is 0 Å². The van der Waals surface area contributed by atoms with E-state index in [0.717, 1.165) is 12.8 Å². The van der Waals surface area contributed by atoms with Crippen LogP contribution in [0.3, 0.4) is 0 Å². The third kappa shape index (κ3) is 1.68. The first-order valence-electron chi connectivity index (χ1n) is 4.14. The molecule has 3 N–H and O–H groups in total. The van der Waals surface area contributed by atoms with Gasteiger partial charge in [-0.25, -0.2) is 0 Å². The number of hydrogen-bond acceptors (Lipinski definition) is 3. The monoisotopic (exact) mass is 196 g/mol. The van der Waals surface area contributed by atoms with Gasteiger partial charge in [-0.2, -0.15) is 0 Å². The van der Waals surface area contributed by atoms with Crippen LogP contribution in [0.2, 0.25) is 0 Å². The van der Waals surface area contributed by atoms with Gasteiger partial charge < -0.3 is 0 Å². The Morgan fingerprint density at radius 1 is 1.18 bits per heavy atom. The molecule has 0 aromatic heterocycles. The second-order valence-electron chi connectivity index (χ2n) is 3.41. The second-order valence-corrected chi connectivity index (χ2v) is 6.87. The molecule has 2 fully saturated rings. The van der Waals surface area contributed by atoms with Crippen LogP contribution in [0.15, 0.2) is 0 Å². The van der Waals surface area contributed by atoms with Gasteiger partial charge in [0.1, 0.15) is 0 Å². The molecule has 0 radical (unpaired) electrons. The molecule has 66 valence electrons. The van der Waals surface area contributed by atoms with Crippen molar-refractivity contribution in [3.05, 3.63) is 0 Å². The Labute approximate surface area is 71.8 Å². The first-order valence-corrected chi connectivity index (χ1v) is 7.10. The zero-order valence-electron chi connectivity index (χ0n) is 6.31. The van der Waals surface area contributed by atoms with E-state index in [4.69, 9.17) is 11.2 Å². The van der Waals surface area contributed by atoms with Gasteiger partial charge in [0.25, 0.3) is 0 Å². The van der Waals surface area contributed by atoms with Crippen molar-refractivity contribution in [2.24, 2.45) is 0 Å². The Hall–Kier alpha value is 0.600. The summed E-state index contributed by atoms with van der Waals surface area (Å²) in [5.41, 5.74) is 0. The van der Waals surface area contributed by atoms with Crippen LogP contribution in [0.1, 0.15) is 25.7 Å². The maximum absolute atomic E-state index is 9.51. The molecule has 1 saturated heterocycles. The molecule has 1 aliphatic heterocycles. The third-order valence-electron chi connectivity index (χ3n) is 2.52. The Balaban J connectivity index is 2.03. The molecule has 0 aromatic rings. The van der Waals surface area contributed by atoms with Gasteiger partial charge in [0, 0.05) is 0 Å². The Bertz CT molecular complexity index is 151. The average Bonchev–Trinajstić information content (AvgIpc) is 2.21. The zero-order valence-corrected chi connectivity index (χ0v) is 8.06. The van der Waals surface area contributed by atoms with Crippen LogP contribution >= 0.6 is 18.4 Å². The predicted molar refractivity (Wildman–Crippen MR) is 48.7 cm³/mol. The van der Waals surface area contributed by atoms with Gasteiger partial charge in [0.2, 0.25) is 0 Å². The minimum atomic E-state index is -2.70. The molecule has 1 heterocycles. The van der Waals surface area contributed by atoms with Crippen molar-refractivity contribution in [3.8, 4) is 0 Å². The zero-order chi connectivity index (χ0) is 7.90. The number of fused-ring (bicyclic) bond motifs is 1. The van der Waals surface area contributed by atoms with Gasteiger partial charge in [-0.1, -0.05) is 0 Å². The minimum absolute atomic E-state index is 0.429. The van der Waals surface area contributed by atoms with E-state index in [2.05, 4.69) is 10.2 Å². The molecule has 0 amide bonds. The van der Waals surface area contributed by atoms with E-state index in [1.54, 1.807) is 0 Å². The van der Waals surface area contributed by atoms with Crippen molar-refractivity contribution in [1.82, 2.24) is 10.2 Å². The Morgan fingerprint density at radius 2 is 1.64 bits per heavy atom. The fourth-order valence-electron chi connectivity index (χ4n) is 2.01. The molecular formula is C6H14ClN2OP. The molecule has 1 aliphatic carbocycles. The summed E-state index contributed by atoms with van der Waals surface area (Å²) < 4.78 is 0. The topological polar surface area (TPSA) is 44.3 Å². The van der Waals surface area contributed by atoms with Gasteiger partial charge in [0.05, 0.1) is 0 Å². The molecule has 0 aromatic carbocycles. The molecule has 2 atom stereocenters. The standard InChI is InChI=1S/C6H14ClN2OP/c7-11(10)8-5-3-1-2-4-6(5)9-11/h5-6,8-11H,1-4H2. The number of hydrogen-bond donors (Lipinski definition) is 3. The van der Waals surface area contributed by atoms with Crippen molar-refractivity contribution in [2.45, 2.75) is 37.8 Å². The molecule has 0 spiro atoms. The second kappa shape index (κ2) is 2.82. The molecule has 5 heteroatoms. The van der Waals surface area contributed by atoms with Crippen LogP contribution in [0.25, 0.3) is 0 Å². The van der Waals surface area contributed by atoms with Gasteiger partial charge in [-0.05, 0) is 0 Å². The Kier molecular flexibility index (Phi) is 2.11. The molecule has 2 aliphatic rings. The molecular weight excluding hydrogens is 183 g/mol. The molecule has 2 unspecified atom stereocenters. The number of nitrogens with one attached hydrogen (secondary N) is 2. The molecule has 2 rings (SSSR count). The van der Waals surface area contributed by atoms with Crippen molar-refractivity contribution in [1.29, 1.82) is 0 Å². The Morgan fingerprint density at radius 3 is 2.09 bits per heavy atom. The maximum atomic E-state index is 9.51. The number of halogens is 1. The summed E-state index contributed by atoms with van der Waals surface area (Å²) in [5, 5.41) is 6.16. The summed E-state index contributed by atoms with van der Waals surface area (Å²) in [6, 6.07) is 0.857. The fourth-order valence-corrected chi connectivity index (χ4v) is 4.61. The van der Waals surface area contributed by atoms with E-state index in [1.165, 1.54) is 12.8 Å². The van der Waals surface area contributed by atoms with Crippen LogP contribution in [0.4, 0.5) is 0 Å². The van der Waals surface area contributed by atoms with Crippen molar-refractivity contribution < 1.29 is 4.89 Å². The van der Waals surface area contributed by atoms with Gasteiger partial charge in [-0.15, -0.1) is 0 Å². The van der Waals surface area contributed by atoms with Gasteiger partial charge >= 0.3 is 71.2 Å². The normalized spacial score (nSPS) is 44.9. The van der Waals surface area contributed by atoms with Crippen LogP contribution < -0.4 is 10.2 Å². The quantitative estimate of drug-likeness (QED) is 0.509. The SMILES string of the molecule is O[PH]1(Cl)NC2CCCCC2N1. The van der Waals surface area contributed by atoms with E-state index in [9.17, 15) is 4.89 Å². The first kappa shape index (κ1) is 8.21. The fraction of sp³-hybridized carbons (Fsp3) is 1.00. The summed E-state index contributed by atoms with van der Waals surface area (Å²) in [5.74, 6) is 0. The third-order valence-corrected chi connectivity index (χ3v) is 4.68. The van der Waals surface area contributed by atoms with Crippen LogP contribution in [-0.4, -0.2) is 17.0 Å². The van der Waals surface area contributed by atoms with E-state index in [0.29, 0.717) is 12.1 Å². The van der Waals surface area contributed by atoms with E-state index >= 15 is 0 Å². The summed E-state index contributed by atoms with van der Waals surface area (Å²) in [6.07, 6.45) is 4.83. The number of rotatable bonds is 0. The summed E-state index contributed by atoms with van der Waals surface area (Å²) >= 11 is 5.81. The van der Waals surface area contributed by atoms with E-state index in [-0.39, 0.29) is 0 Å². The summed E-state index contributed by atoms with van der Waals surface area (Å²) in [6.45, 7) is 0. The molecule has 11 heavy (non-hydrogen) atoms. The van der Waals surface area contributed by atoms with Gasteiger partial charge in [0.15, 0.2) is 0 Å².